The Morgan fingerprint density at radius 3 is 2.79 bits per heavy atom. The zero-order valence-corrected chi connectivity index (χ0v) is 14.3. The number of hydrogen-bond donors (Lipinski definition) is 0. The lowest BCUT2D eigenvalue weighted by Crippen LogP contribution is -2.25. The van der Waals surface area contributed by atoms with Gasteiger partial charge in [0, 0.05) is 40.3 Å². The van der Waals surface area contributed by atoms with Crippen molar-refractivity contribution in [2.75, 3.05) is 28.3 Å². The smallest absolute Gasteiger partial charge is 0.273 e. The average molecular weight is 331 g/mol. The molecule has 2 aromatic rings. The highest BCUT2D eigenvalue weighted by molar-refractivity contribution is 5.93. The Hall–Kier alpha value is -2.38. The van der Waals surface area contributed by atoms with E-state index in [0.717, 1.165) is 22.7 Å². The first-order chi connectivity index (χ1) is 11.6. The van der Waals surface area contributed by atoms with Crippen LogP contribution in [0.5, 0.6) is 5.75 Å². The van der Waals surface area contributed by atoms with Gasteiger partial charge in [0.1, 0.15) is 18.7 Å². The van der Waals surface area contributed by atoms with E-state index in [9.17, 15) is 4.79 Å². The summed E-state index contributed by atoms with van der Waals surface area (Å²) in [5.41, 5.74) is 3.03. The third kappa shape index (κ3) is 2.76. The van der Waals surface area contributed by atoms with Crippen molar-refractivity contribution in [3.8, 4) is 11.4 Å². The van der Waals surface area contributed by atoms with Crippen LogP contribution in [0.2, 0.25) is 0 Å². The number of benzene rings is 1. The van der Waals surface area contributed by atoms with Crippen molar-refractivity contribution in [2.45, 2.75) is 19.3 Å². The van der Waals surface area contributed by atoms with Crippen LogP contribution in [0, 0.1) is 0 Å². The maximum absolute atomic E-state index is 12.2. The molecule has 1 aliphatic rings. The van der Waals surface area contributed by atoms with E-state index in [1.54, 1.807) is 34.6 Å². The molecule has 1 amide bonds. The quantitative estimate of drug-likeness (QED) is 0.779. The molecule has 128 valence electrons. The molecule has 0 saturated heterocycles. The van der Waals surface area contributed by atoms with Crippen molar-refractivity contribution in [3.63, 3.8) is 0 Å². The molecule has 24 heavy (non-hydrogen) atoms. The van der Waals surface area contributed by atoms with Gasteiger partial charge in [-0.3, -0.25) is 9.36 Å². The van der Waals surface area contributed by atoms with Crippen LogP contribution in [0.3, 0.4) is 0 Å². The first kappa shape index (κ1) is 16.5. The molecule has 0 spiro atoms. The van der Waals surface area contributed by atoms with E-state index in [4.69, 9.17) is 14.2 Å². The summed E-state index contributed by atoms with van der Waals surface area (Å²) in [6.07, 6.45) is 1.90. The second kappa shape index (κ2) is 6.62. The minimum Gasteiger partial charge on any atom is -0.485 e. The van der Waals surface area contributed by atoms with Crippen LogP contribution >= 0.6 is 0 Å². The second-order valence-electron chi connectivity index (χ2n) is 5.77. The van der Waals surface area contributed by atoms with Gasteiger partial charge < -0.3 is 19.1 Å². The molecule has 0 bridgehead atoms. The minimum absolute atomic E-state index is 0.134. The number of para-hydroxylation sites is 1. The van der Waals surface area contributed by atoms with Crippen LogP contribution in [-0.4, -0.2) is 55.0 Å². The van der Waals surface area contributed by atoms with Crippen molar-refractivity contribution in [3.05, 3.63) is 41.5 Å². The lowest BCUT2D eigenvalue weighted by Gasteiger charge is -2.24. The maximum Gasteiger partial charge on any atom is 0.273 e. The number of aromatic nitrogens is 2. The number of amides is 1. The summed E-state index contributed by atoms with van der Waals surface area (Å²) in [7, 11) is 6.63. The van der Waals surface area contributed by atoms with Crippen LogP contribution in [0.15, 0.2) is 24.5 Å². The van der Waals surface area contributed by atoms with Crippen LogP contribution in [0.1, 0.15) is 21.7 Å². The molecule has 7 nitrogen and oxygen atoms in total. The van der Waals surface area contributed by atoms with Gasteiger partial charge in [-0.05, 0) is 6.07 Å². The fourth-order valence-electron chi connectivity index (χ4n) is 2.78. The van der Waals surface area contributed by atoms with Gasteiger partial charge in [-0.1, -0.05) is 12.1 Å². The zero-order valence-electron chi connectivity index (χ0n) is 14.3. The Labute approximate surface area is 140 Å². The third-order valence-electron chi connectivity index (χ3n) is 4.08. The maximum atomic E-state index is 12.2. The molecule has 0 saturated carbocycles. The van der Waals surface area contributed by atoms with Crippen molar-refractivity contribution in [1.82, 2.24) is 14.5 Å². The fourth-order valence-corrected chi connectivity index (χ4v) is 2.78. The molecule has 0 N–H and O–H groups in total. The Morgan fingerprint density at radius 1 is 1.38 bits per heavy atom. The molecule has 7 heteroatoms. The summed E-state index contributed by atoms with van der Waals surface area (Å²) >= 11 is 0. The van der Waals surface area contributed by atoms with E-state index < -0.39 is 0 Å². The molecule has 1 aliphatic heterocycles. The second-order valence-corrected chi connectivity index (χ2v) is 5.77. The molecule has 0 aliphatic carbocycles. The van der Waals surface area contributed by atoms with Crippen LogP contribution in [0.4, 0.5) is 0 Å². The lowest BCUT2D eigenvalue weighted by molar-refractivity contribution is -0.100. The van der Waals surface area contributed by atoms with Gasteiger partial charge in [0.2, 0.25) is 0 Å². The van der Waals surface area contributed by atoms with E-state index in [1.807, 2.05) is 22.8 Å². The average Bonchev–Trinajstić information content (AvgIpc) is 3.03. The van der Waals surface area contributed by atoms with Crippen LogP contribution in [-0.2, 0) is 22.5 Å². The van der Waals surface area contributed by atoms with E-state index >= 15 is 0 Å². The molecule has 0 fully saturated rings. The summed E-state index contributed by atoms with van der Waals surface area (Å²) in [5, 5.41) is 0. The van der Waals surface area contributed by atoms with E-state index in [2.05, 4.69) is 4.98 Å². The highest BCUT2D eigenvalue weighted by atomic mass is 16.7. The Kier molecular flexibility index (Phi) is 4.55. The first-order valence-corrected chi connectivity index (χ1v) is 7.65. The SMILES string of the molecule is COC(Cc1cccc2c1OCc1c(C(=O)N(C)C)ncn1-2)OC. The standard InChI is InChI=1S/C17H21N3O4/c1-19(2)17(21)15-13-9-24-16-11(8-14(22-3)23-4)6-5-7-12(16)20(13)10-18-15/h5-7,10,14H,8-9H2,1-4H3. The summed E-state index contributed by atoms with van der Waals surface area (Å²) in [4.78, 5) is 18.0. The Balaban J connectivity index is 2.00. The monoisotopic (exact) mass is 331 g/mol. The van der Waals surface area contributed by atoms with Gasteiger partial charge in [0.05, 0.1) is 11.4 Å². The van der Waals surface area contributed by atoms with Gasteiger partial charge in [-0.2, -0.15) is 0 Å². The molecule has 1 aromatic carbocycles. The molecule has 3 rings (SSSR count). The Morgan fingerprint density at radius 2 is 2.12 bits per heavy atom. The molecule has 0 unspecified atom stereocenters. The number of carbonyl (C=O) groups is 1. The molecular formula is C17H21N3O4. The predicted octanol–water partition coefficient (Wildman–Crippen LogP) is 1.63. The number of methoxy groups -OCH3 is 2. The number of fused-ring (bicyclic) bond motifs is 3. The van der Waals surface area contributed by atoms with Gasteiger partial charge in [-0.15, -0.1) is 0 Å². The summed E-state index contributed by atoms with van der Waals surface area (Å²) in [6, 6.07) is 5.88. The van der Waals surface area contributed by atoms with E-state index in [1.165, 1.54) is 4.90 Å². The first-order valence-electron chi connectivity index (χ1n) is 7.65. The van der Waals surface area contributed by atoms with Crippen molar-refractivity contribution >= 4 is 5.91 Å². The van der Waals surface area contributed by atoms with E-state index in [0.29, 0.717) is 18.7 Å². The largest absolute Gasteiger partial charge is 0.485 e. The number of nitrogens with zero attached hydrogens (tertiary/aromatic N) is 3. The molecule has 2 heterocycles. The highest BCUT2D eigenvalue weighted by Gasteiger charge is 2.27. The lowest BCUT2D eigenvalue weighted by atomic mass is 10.1. The molecule has 0 atom stereocenters. The van der Waals surface area contributed by atoms with Crippen LogP contribution < -0.4 is 4.74 Å². The van der Waals surface area contributed by atoms with Crippen molar-refractivity contribution in [2.24, 2.45) is 0 Å². The number of imidazole rings is 1. The number of carbonyl (C=O) groups excluding carboxylic acids is 1. The predicted molar refractivity (Wildman–Crippen MR) is 87.4 cm³/mol. The molecule has 0 radical (unpaired) electrons. The fraction of sp³-hybridized carbons (Fsp3) is 0.412. The summed E-state index contributed by atoms with van der Waals surface area (Å²) in [6.45, 7) is 0.295. The van der Waals surface area contributed by atoms with Gasteiger partial charge >= 0.3 is 0 Å². The third-order valence-corrected chi connectivity index (χ3v) is 4.08. The minimum atomic E-state index is -0.338. The van der Waals surface area contributed by atoms with Crippen molar-refractivity contribution < 1.29 is 19.0 Å². The summed E-state index contributed by atoms with van der Waals surface area (Å²) < 4.78 is 18.4. The summed E-state index contributed by atoms with van der Waals surface area (Å²) in [5.74, 6) is 0.635. The van der Waals surface area contributed by atoms with Crippen molar-refractivity contribution in [1.29, 1.82) is 0 Å². The highest BCUT2D eigenvalue weighted by Crippen LogP contribution is 2.35. The zero-order chi connectivity index (χ0) is 17.3. The number of ether oxygens (including phenoxy) is 3. The number of rotatable bonds is 5. The van der Waals surface area contributed by atoms with Gasteiger partial charge in [0.25, 0.3) is 5.91 Å². The normalized spacial score (nSPS) is 12.5. The Bertz CT molecular complexity index is 750. The van der Waals surface area contributed by atoms with Gasteiger partial charge in [0.15, 0.2) is 12.0 Å². The topological polar surface area (TPSA) is 65.8 Å². The van der Waals surface area contributed by atoms with Crippen LogP contribution in [0.25, 0.3) is 5.69 Å². The van der Waals surface area contributed by atoms with Gasteiger partial charge in [-0.25, -0.2) is 4.98 Å². The number of hydrogen-bond acceptors (Lipinski definition) is 5. The molecular weight excluding hydrogens is 310 g/mol. The molecule has 1 aromatic heterocycles. The van der Waals surface area contributed by atoms with E-state index in [-0.39, 0.29) is 12.2 Å².